The molecule has 0 aliphatic carbocycles. The molecule has 0 amide bonds. The van der Waals surface area contributed by atoms with Crippen molar-refractivity contribution in [1.82, 2.24) is 19.8 Å². The summed E-state index contributed by atoms with van der Waals surface area (Å²) in [7, 11) is 0. The molecule has 5 nitrogen and oxygen atoms in total. The minimum Gasteiger partial charge on any atom is -0.326 e. The lowest BCUT2D eigenvalue weighted by Gasteiger charge is -2.04. The number of benzene rings is 1. The summed E-state index contributed by atoms with van der Waals surface area (Å²) in [6.45, 7) is 1.99. The van der Waals surface area contributed by atoms with Gasteiger partial charge in [-0.15, -0.1) is 10.2 Å². The van der Waals surface area contributed by atoms with Gasteiger partial charge in [0.05, 0.1) is 11.2 Å². The molecule has 0 saturated heterocycles. The fraction of sp³-hybridized carbons (Fsp3) is 0.182. The Balaban J connectivity index is 2.48. The average molecular weight is 231 g/mol. The van der Waals surface area contributed by atoms with Crippen molar-refractivity contribution in [2.75, 3.05) is 0 Å². The maximum absolute atomic E-state index is 14.0. The lowest BCUT2D eigenvalue weighted by Crippen LogP contribution is -2.04. The van der Waals surface area contributed by atoms with E-state index in [1.54, 1.807) is 22.7 Å². The first-order valence-corrected chi connectivity index (χ1v) is 5.21. The maximum Gasteiger partial charge on any atom is 0.178 e. The minimum absolute atomic E-state index is 0.139. The second-order valence-corrected chi connectivity index (χ2v) is 3.87. The van der Waals surface area contributed by atoms with Crippen LogP contribution in [0.15, 0.2) is 18.2 Å². The number of fused-ring (bicyclic) bond motifs is 3. The Morgan fingerprint density at radius 2 is 2.18 bits per heavy atom. The summed E-state index contributed by atoms with van der Waals surface area (Å²) in [6, 6.07) is 5.20. The summed E-state index contributed by atoms with van der Waals surface area (Å²) in [5, 5.41) is 12.1. The van der Waals surface area contributed by atoms with Crippen molar-refractivity contribution in [2.45, 2.75) is 13.5 Å². The lowest BCUT2D eigenvalue weighted by atomic mass is 10.2. The first-order valence-electron chi connectivity index (χ1n) is 5.21. The lowest BCUT2D eigenvalue weighted by molar-refractivity contribution is 0.617. The standard InChI is InChI=1S/C11H10FN5/c1-6-4-9-14-15-11-8(17(9)16-6)3-2-7(5-13)10(11)12/h2-4H,5,13H2,1H3. The zero-order valence-corrected chi connectivity index (χ0v) is 9.18. The van der Waals surface area contributed by atoms with Gasteiger partial charge in [0.2, 0.25) is 0 Å². The molecule has 86 valence electrons. The van der Waals surface area contributed by atoms with Gasteiger partial charge < -0.3 is 5.73 Å². The molecule has 0 bridgehead atoms. The summed E-state index contributed by atoms with van der Waals surface area (Å²) in [5.74, 6) is -0.424. The highest BCUT2D eigenvalue weighted by Crippen LogP contribution is 2.19. The van der Waals surface area contributed by atoms with Crippen LogP contribution >= 0.6 is 0 Å². The van der Waals surface area contributed by atoms with Crippen molar-refractivity contribution in [3.05, 3.63) is 35.3 Å². The zero-order chi connectivity index (χ0) is 12.0. The maximum atomic E-state index is 14.0. The molecule has 0 unspecified atom stereocenters. The monoisotopic (exact) mass is 231 g/mol. The van der Waals surface area contributed by atoms with Crippen LogP contribution in [0.25, 0.3) is 16.7 Å². The number of halogens is 1. The van der Waals surface area contributed by atoms with Crippen LogP contribution in [-0.2, 0) is 6.54 Å². The second kappa shape index (κ2) is 3.46. The Morgan fingerprint density at radius 1 is 1.35 bits per heavy atom. The van der Waals surface area contributed by atoms with Crippen LogP contribution in [0.2, 0.25) is 0 Å². The molecule has 0 radical (unpaired) electrons. The SMILES string of the molecule is Cc1cc2nnc3c(F)c(CN)ccc3n2n1. The highest BCUT2D eigenvalue weighted by Gasteiger charge is 2.12. The predicted octanol–water partition coefficient (Wildman–Crippen LogP) is 1.18. The van der Waals surface area contributed by atoms with Crippen LogP contribution in [0.5, 0.6) is 0 Å². The van der Waals surface area contributed by atoms with E-state index in [4.69, 9.17) is 5.73 Å². The Morgan fingerprint density at radius 3 is 2.94 bits per heavy atom. The molecule has 0 atom stereocenters. The smallest absolute Gasteiger partial charge is 0.178 e. The highest BCUT2D eigenvalue weighted by atomic mass is 19.1. The molecule has 3 rings (SSSR count). The van der Waals surface area contributed by atoms with Gasteiger partial charge in [-0.2, -0.15) is 5.10 Å². The van der Waals surface area contributed by atoms with Crippen molar-refractivity contribution < 1.29 is 4.39 Å². The molecule has 2 heterocycles. The van der Waals surface area contributed by atoms with Crippen LogP contribution in [0.3, 0.4) is 0 Å². The minimum atomic E-state index is -0.424. The van der Waals surface area contributed by atoms with Gasteiger partial charge in [0.1, 0.15) is 5.52 Å². The van der Waals surface area contributed by atoms with E-state index in [1.165, 1.54) is 0 Å². The Bertz CT molecular complexity index is 719. The summed E-state index contributed by atoms with van der Waals surface area (Å²) in [6.07, 6.45) is 0. The Hall–Kier alpha value is -2.08. The number of hydrogen-bond acceptors (Lipinski definition) is 4. The Labute approximate surface area is 96.1 Å². The quantitative estimate of drug-likeness (QED) is 0.682. The molecule has 1 aromatic carbocycles. The van der Waals surface area contributed by atoms with Crippen LogP contribution in [0.1, 0.15) is 11.3 Å². The van der Waals surface area contributed by atoms with Crippen molar-refractivity contribution >= 4 is 16.7 Å². The zero-order valence-electron chi connectivity index (χ0n) is 9.18. The molecule has 17 heavy (non-hydrogen) atoms. The summed E-state index contributed by atoms with van der Waals surface area (Å²) < 4.78 is 15.6. The molecule has 0 spiro atoms. The second-order valence-electron chi connectivity index (χ2n) is 3.87. The van der Waals surface area contributed by atoms with Crippen molar-refractivity contribution in [3.63, 3.8) is 0 Å². The largest absolute Gasteiger partial charge is 0.326 e. The molecular formula is C11H10FN5. The first-order chi connectivity index (χ1) is 8.20. The van der Waals surface area contributed by atoms with E-state index in [0.717, 1.165) is 5.69 Å². The highest BCUT2D eigenvalue weighted by molar-refractivity contribution is 5.77. The summed E-state index contributed by atoms with van der Waals surface area (Å²) in [5.41, 5.74) is 8.09. The van der Waals surface area contributed by atoms with Crippen molar-refractivity contribution in [1.29, 1.82) is 0 Å². The molecule has 0 aliphatic rings. The number of aryl methyl sites for hydroxylation is 1. The third kappa shape index (κ3) is 1.38. The Kier molecular flexibility index (Phi) is 2.05. The van der Waals surface area contributed by atoms with Gasteiger partial charge in [0.15, 0.2) is 11.5 Å². The molecule has 0 fully saturated rings. The molecule has 6 heteroatoms. The predicted molar refractivity (Wildman–Crippen MR) is 60.9 cm³/mol. The van der Waals surface area contributed by atoms with E-state index >= 15 is 0 Å². The van der Waals surface area contributed by atoms with Crippen molar-refractivity contribution in [3.8, 4) is 0 Å². The van der Waals surface area contributed by atoms with Gasteiger partial charge in [0.25, 0.3) is 0 Å². The molecule has 2 N–H and O–H groups in total. The van der Waals surface area contributed by atoms with Gasteiger partial charge >= 0.3 is 0 Å². The normalized spacial score (nSPS) is 11.5. The molecule has 0 saturated carbocycles. The molecular weight excluding hydrogens is 221 g/mol. The third-order valence-electron chi connectivity index (χ3n) is 2.69. The number of hydrogen-bond donors (Lipinski definition) is 1. The van der Waals surface area contributed by atoms with Crippen LogP contribution in [0.4, 0.5) is 4.39 Å². The van der Waals surface area contributed by atoms with Crippen molar-refractivity contribution in [2.24, 2.45) is 5.73 Å². The van der Waals surface area contributed by atoms with E-state index < -0.39 is 5.82 Å². The average Bonchev–Trinajstić information content (AvgIpc) is 2.70. The number of nitrogens with two attached hydrogens (primary N) is 1. The van der Waals surface area contributed by atoms with E-state index in [1.807, 2.05) is 6.92 Å². The van der Waals surface area contributed by atoms with E-state index in [9.17, 15) is 4.39 Å². The van der Waals surface area contributed by atoms with Crippen LogP contribution in [0, 0.1) is 12.7 Å². The van der Waals surface area contributed by atoms with Gasteiger partial charge in [-0.1, -0.05) is 6.07 Å². The van der Waals surface area contributed by atoms with E-state index in [2.05, 4.69) is 15.3 Å². The first kappa shape index (κ1) is 10.1. The number of nitrogens with zero attached hydrogens (tertiary/aromatic N) is 4. The van der Waals surface area contributed by atoms with Gasteiger partial charge in [0, 0.05) is 18.2 Å². The number of aromatic nitrogens is 4. The fourth-order valence-corrected chi connectivity index (χ4v) is 1.86. The summed E-state index contributed by atoms with van der Waals surface area (Å²) >= 11 is 0. The molecule has 3 aromatic rings. The number of rotatable bonds is 1. The molecule has 2 aromatic heterocycles. The van der Waals surface area contributed by atoms with Gasteiger partial charge in [-0.25, -0.2) is 8.91 Å². The van der Waals surface area contributed by atoms with E-state index in [-0.39, 0.29) is 12.1 Å². The molecule has 0 aliphatic heterocycles. The topological polar surface area (TPSA) is 69.1 Å². The van der Waals surface area contributed by atoms with Gasteiger partial charge in [-0.05, 0) is 13.0 Å². The summed E-state index contributed by atoms with van der Waals surface area (Å²) in [4.78, 5) is 0. The fourth-order valence-electron chi connectivity index (χ4n) is 1.86. The van der Waals surface area contributed by atoms with Crippen LogP contribution < -0.4 is 5.73 Å². The van der Waals surface area contributed by atoms with Gasteiger partial charge in [-0.3, -0.25) is 0 Å². The van der Waals surface area contributed by atoms with E-state index in [0.29, 0.717) is 16.7 Å². The van der Waals surface area contributed by atoms with Crippen LogP contribution in [-0.4, -0.2) is 19.8 Å². The third-order valence-corrected chi connectivity index (χ3v) is 2.69.